The number of hydrogen-bond acceptors (Lipinski definition) is 7. The number of benzene rings is 3. The van der Waals surface area contributed by atoms with E-state index in [-0.39, 0.29) is 17.9 Å². The number of carbonyl (C=O) groups is 2. The second kappa shape index (κ2) is 13.9. The molecule has 8 heteroatoms. The van der Waals surface area contributed by atoms with Gasteiger partial charge in [0.2, 0.25) is 0 Å². The molecule has 1 aliphatic heterocycles. The van der Waals surface area contributed by atoms with Crippen molar-refractivity contribution in [3.63, 3.8) is 0 Å². The Kier molecular flexibility index (Phi) is 9.59. The van der Waals surface area contributed by atoms with E-state index in [1.165, 1.54) is 4.90 Å². The molecule has 4 aromatic rings. The van der Waals surface area contributed by atoms with E-state index in [2.05, 4.69) is 18.0 Å². The van der Waals surface area contributed by atoms with Crippen LogP contribution >= 0.6 is 0 Å². The van der Waals surface area contributed by atoms with Crippen molar-refractivity contribution in [2.75, 3.05) is 13.7 Å². The number of nitrogens with zero attached hydrogens (tertiary/aromatic N) is 2. The van der Waals surface area contributed by atoms with Crippen LogP contribution in [0.1, 0.15) is 53.6 Å². The highest BCUT2D eigenvalue weighted by atomic mass is 16.5. The third-order valence-corrected chi connectivity index (χ3v) is 7.52. The first kappa shape index (κ1) is 30.4. The molecule has 0 saturated carbocycles. The monoisotopic (exact) mass is 592 g/mol. The molecule has 0 aliphatic carbocycles. The van der Waals surface area contributed by atoms with Gasteiger partial charge in [-0.15, -0.1) is 0 Å². The first-order chi connectivity index (χ1) is 21.4. The van der Waals surface area contributed by atoms with E-state index in [1.807, 2.05) is 25.1 Å². The number of likely N-dealkylation sites (tertiary alicyclic amines) is 1. The number of Topliss-reactive ketones (excluding diaryl/α,β-unsaturated/α-hetero) is 1. The van der Waals surface area contributed by atoms with Gasteiger partial charge >= 0.3 is 0 Å². The summed E-state index contributed by atoms with van der Waals surface area (Å²) in [6, 6.07) is 22.9. The van der Waals surface area contributed by atoms with Crippen LogP contribution in [-0.4, -0.2) is 40.4 Å². The number of ether oxygens (including phenoxy) is 3. The predicted molar refractivity (Wildman–Crippen MR) is 167 cm³/mol. The summed E-state index contributed by atoms with van der Waals surface area (Å²) in [7, 11) is 1.54. The number of pyridine rings is 1. The van der Waals surface area contributed by atoms with Crippen LogP contribution in [0.4, 0.5) is 0 Å². The maximum Gasteiger partial charge on any atom is 0.295 e. The summed E-state index contributed by atoms with van der Waals surface area (Å²) in [6.07, 6.45) is 5.15. The Hall–Kier alpha value is -5.11. The average molecular weight is 593 g/mol. The van der Waals surface area contributed by atoms with Crippen molar-refractivity contribution in [2.45, 2.75) is 45.9 Å². The molecule has 226 valence electrons. The Balaban J connectivity index is 1.49. The van der Waals surface area contributed by atoms with E-state index < -0.39 is 17.7 Å². The molecule has 0 bridgehead atoms. The largest absolute Gasteiger partial charge is 0.507 e. The molecule has 1 unspecified atom stereocenters. The zero-order chi connectivity index (χ0) is 31.1. The molecular weight excluding hydrogens is 556 g/mol. The van der Waals surface area contributed by atoms with Gasteiger partial charge in [-0.25, -0.2) is 0 Å². The maximum absolute atomic E-state index is 13.6. The minimum atomic E-state index is -0.862. The van der Waals surface area contributed by atoms with Crippen LogP contribution in [0.3, 0.4) is 0 Å². The van der Waals surface area contributed by atoms with Crippen molar-refractivity contribution in [3.05, 3.63) is 125 Å². The van der Waals surface area contributed by atoms with E-state index in [0.717, 1.165) is 29.5 Å². The molecule has 1 amide bonds. The zero-order valence-electron chi connectivity index (χ0n) is 25.2. The highest BCUT2D eigenvalue weighted by molar-refractivity contribution is 6.46. The summed E-state index contributed by atoms with van der Waals surface area (Å²) in [5.74, 6) is -0.0725. The quantitative estimate of drug-likeness (QED) is 0.0838. The molecule has 2 heterocycles. The Bertz CT molecular complexity index is 1650. The second-order valence-electron chi connectivity index (χ2n) is 10.7. The van der Waals surface area contributed by atoms with Crippen molar-refractivity contribution in [1.29, 1.82) is 0 Å². The van der Waals surface area contributed by atoms with E-state index in [0.29, 0.717) is 41.6 Å². The fourth-order valence-electron chi connectivity index (χ4n) is 5.21. The number of ketones is 1. The number of aliphatic hydroxyl groups excluding tert-OH is 1. The molecule has 5 rings (SSSR count). The molecule has 0 spiro atoms. The highest BCUT2D eigenvalue weighted by Crippen LogP contribution is 2.43. The third kappa shape index (κ3) is 6.75. The number of carbonyl (C=O) groups excluding carboxylic acids is 2. The van der Waals surface area contributed by atoms with Gasteiger partial charge in [-0.3, -0.25) is 14.6 Å². The van der Waals surface area contributed by atoms with Crippen LogP contribution in [0.25, 0.3) is 5.76 Å². The molecule has 1 aromatic heterocycles. The number of amides is 1. The Morgan fingerprint density at radius 1 is 0.909 bits per heavy atom. The fraction of sp³-hybridized carbons (Fsp3) is 0.250. The Labute approximate surface area is 257 Å². The lowest BCUT2D eigenvalue weighted by Gasteiger charge is -2.26. The lowest BCUT2D eigenvalue weighted by Crippen LogP contribution is -2.29. The lowest BCUT2D eigenvalue weighted by molar-refractivity contribution is -0.140. The van der Waals surface area contributed by atoms with Crippen LogP contribution in [0, 0.1) is 6.92 Å². The van der Waals surface area contributed by atoms with Crippen molar-refractivity contribution < 1.29 is 28.9 Å². The molecule has 1 atom stereocenters. The van der Waals surface area contributed by atoms with Gasteiger partial charge in [0.25, 0.3) is 11.7 Å². The number of aliphatic hydroxyl groups is 1. The van der Waals surface area contributed by atoms with Gasteiger partial charge in [0.15, 0.2) is 11.5 Å². The van der Waals surface area contributed by atoms with Gasteiger partial charge in [0.1, 0.15) is 18.1 Å². The van der Waals surface area contributed by atoms with Gasteiger partial charge < -0.3 is 24.2 Å². The standard InChI is InChI=1S/C36H36N2O6/c1-4-5-19-43-30-14-11-28(21-31(30)42-3)33-32(35(40)36(41)38(33)22-25-15-17-37-18-16-25)34(39)27-9-12-29(13-10-27)44-23-26-8-6-7-24(2)20-26/h6-18,20-21,33,39H,4-5,19,22-23H2,1-3H3. The number of unbranched alkanes of at least 4 members (excludes halogenated alkanes) is 1. The summed E-state index contributed by atoms with van der Waals surface area (Å²) in [5.41, 5.74) is 4.00. The van der Waals surface area contributed by atoms with Crippen LogP contribution < -0.4 is 14.2 Å². The first-order valence-corrected chi connectivity index (χ1v) is 14.7. The summed E-state index contributed by atoms with van der Waals surface area (Å²) in [5, 5.41) is 11.6. The Morgan fingerprint density at radius 2 is 1.68 bits per heavy atom. The van der Waals surface area contributed by atoms with Crippen LogP contribution in [0.15, 0.2) is 96.8 Å². The van der Waals surface area contributed by atoms with Crippen LogP contribution in [-0.2, 0) is 22.7 Å². The minimum Gasteiger partial charge on any atom is -0.507 e. The van der Waals surface area contributed by atoms with Crippen LogP contribution in [0.5, 0.6) is 17.2 Å². The molecule has 44 heavy (non-hydrogen) atoms. The van der Waals surface area contributed by atoms with E-state index >= 15 is 0 Å². The number of aromatic nitrogens is 1. The smallest absolute Gasteiger partial charge is 0.295 e. The summed E-state index contributed by atoms with van der Waals surface area (Å²) in [6.45, 7) is 5.20. The number of aryl methyl sites for hydroxylation is 1. The molecule has 0 radical (unpaired) electrons. The Morgan fingerprint density at radius 3 is 2.39 bits per heavy atom. The predicted octanol–water partition coefficient (Wildman–Crippen LogP) is 6.78. The SMILES string of the molecule is CCCCOc1ccc(C2C(=C(O)c3ccc(OCc4cccc(C)c4)cc3)C(=O)C(=O)N2Cc2ccncc2)cc1OC. The topological polar surface area (TPSA) is 98.2 Å². The normalized spacial score (nSPS) is 15.8. The van der Waals surface area contributed by atoms with Gasteiger partial charge in [0, 0.05) is 24.5 Å². The summed E-state index contributed by atoms with van der Waals surface area (Å²) >= 11 is 0. The molecule has 1 fully saturated rings. The van der Waals surface area contributed by atoms with Crippen LogP contribution in [0.2, 0.25) is 0 Å². The van der Waals surface area contributed by atoms with Crippen molar-refractivity contribution in [3.8, 4) is 17.2 Å². The van der Waals surface area contributed by atoms with Gasteiger partial charge in [0.05, 0.1) is 25.3 Å². The van der Waals surface area contributed by atoms with Gasteiger partial charge in [-0.1, -0.05) is 49.2 Å². The number of methoxy groups -OCH3 is 1. The van der Waals surface area contributed by atoms with Gasteiger partial charge in [-0.05, 0) is 78.6 Å². The number of hydrogen-bond donors (Lipinski definition) is 1. The summed E-state index contributed by atoms with van der Waals surface area (Å²) < 4.78 is 17.5. The third-order valence-electron chi connectivity index (χ3n) is 7.52. The molecule has 1 aliphatic rings. The lowest BCUT2D eigenvalue weighted by atomic mass is 9.94. The minimum absolute atomic E-state index is 0.000750. The molecule has 8 nitrogen and oxygen atoms in total. The highest BCUT2D eigenvalue weighted by Gasteiger charge is 2.46. The number of rotatable bonds is 12. The molecule has 3 aromatic carbocycles. The van der Waals surface area contributed by atoms with E-state index in [1.54, 1.807) is 74.1 Å². The molecule has 1 saturated heterocycles. The molecule has 1 N–H and O–H groups in total. The van der Waals surface area contributed by atoms with E-state index in [9.17, 15) is 14.7 Å². The first-order valence-electron chi connectivity index (χ1n) is 14.7. The van der Waals surface area contributed by atoms with Gasteiger partial charge in [-0.2, -0.15) is 0 Å². The summed E-state index contributed by atoms with van der Waals surface area (Å²) in [4.78, 5) is 32.5. The molecular formula is C36H36N2O6. The van der Waals surface area contributed by atoms with Crippen molar-refractivity contribution in [2.24, 2.45) is 0 Å². The maximum atomic E-state index is 13.6. The average Bonchev–Trinajstić information content (AvgIpc) is 3.29. The fourth-order valence-corrected chi connectivity index (χ4v) is 5.21. The van der Waals surface area contributed by atoms with E-state index in [4.69, 9.17) is 14.2 Å². The van der Waals surface area contributed by atoms with Crippen molar-refractivity contribution in [1.82, 2.24) is 9.88 Å². The zero-order valence-corrected chi connectivity index (χ0v) is 25.2. The second-order valence-corrected chi connectivity index (χ2v) is 10.7. The van der Waals surface area contributed by atoms with Crippen molar-refractivity contribution >= 4 is 17.4 Å².